The van der Waals surface area contributed by atoms with Crippen LogP contribution in [0.1, 0.15) is 26.2 Å². The highest BCUT2D eigenvalue weighted by Gasteiger charge is 2.23. The second kappa shape index (κ2) is 7.99. The highest BCUT2D eigenvalue weighted by atomic mass is 16.4. The van der Waals surface area contributed by atoms with Crippen LogP contribution in [0.5, 0.6) is 0 Å². The molecule has 1 aliphatic rings. The smallest absolute Gasteiger partial charge is 0.317 e. The number of rotatable bonds is 6. The van der Waals surface area contributed by atoms with Crippen molar-refractivity contribution in [2.45, 2.75) is 26.2 Å². The fraction of sp³-hybridized carbons (Fsp3) is 0.846. The van der Waals surface area contributed by atoms with Gasteiger partial charge in [0.05, 0.1) is 0 Å². The third-order valence-electron chi connectivity index (χ3n) is 3.67. The molecule has 2 amide bonds. The van der Waals surface area contributed by atoms with Crippen molar-refractivity contribution in [2.24, 2.45) is 5.92 Å². The molecule has 0 atom stereocenters. The molecule has 2 N–H and O–H groups in total. The van der Waals surface area contributed by atoms with Gasteiger partial charge in [-0.05, 0) is 32.4 Å². The fourth-order valence-electron chi connectivity index (χ4n) is 2.21. The number of likely N-dealkylation sites (tertiary alicyclic amines) is 1. The van der Waals surface area contributed by atoms with E-state index in [1.165, 1.54) is 0 Å². The molecule has 0 aromatic carbocycles. The summed E-state index contributed by atoms with van der Waals surface area (Å²) in [5, 5.41) is 11.6. The number of carbonyl (C=O) groups is 2. The maximum absolute atomic E-state index is 11.9. The van der Waals surface area contributed by atoms with E-state index in [1.54, 1.807) is 4.90 Å². The molecule has 1 heterocycles. The Bertz CT molecular complexity index is 302. The maximum atomic E-state index is 11.9. The van der Waals surface area contributed by atoms with Crippen LogP contribution in [0.25, 0.3) is 0 Å². The van der Waals surface area contributed by atoms with E-state index in [0.29, 0.717) is 19.6 Å². The Kier molecular flexibility index (Phi) is 6.62. The van der Waals surface area contributed by atoms with E-state index in [2.05, 4.69) is 17.1 Å². The second-order valence-electron chi connectivity index (χ2n) is 5.16. The van der Waals surface area contributed by atoms with Gasteiger partial charge in [0.25, 0.3) is 0 Å². The Morgan fingerprint density at radius 3 is 2.53 bits per heavy atom. The first-order chi connectivity index (χ1) is 9.02. The Hall–Kier alpha value is -1.30. The van der Waals surface area contributed by atoms with Gasteiger partial charge in [0.2, 0.25) is 0 Å². The molecule has 6 nitrogen and oxygen atoms in total. The van der Waals surface area contributed by atoms with Crippen LogP contribution in [0, 0.1) is 5.92 Å². The molecule has 110 valence electrons. The third kappa shape index (κ3) is 5.92. The lowest BCUT2D eigenvalue weighted by atomic mass is 9.94. The van der Waals surface area contributed by atoms with E-state index in [-0.39, 0.29) is 18.4 Å². The Balaban J connectivity index is 2.19. The largest absolute Gasteiger partial charge is 0.481 e. The van der Waals surface area contributed by atoms with Crippen LogP contribution in [0.15, 0.2) is 0 Å². The zero-order valence-corrected chi connectivity index (χ0v) is 11.9. The Labute approximate surface area is 114 Å². The maximum Gasteiger partial charge on any atom is 0.317 e. The lowest BCUT2D eigenvalue weighted by molar-refractivity contribution is -0.138. The quantitative estimate of drug-likeness (QED) is 0.750. The SMILES string of the molecule is CCN(C)CCNC(=O)N1CCC(CC(=O)O)CC1. The summed E-state index contributed by atoms with van der Waals surface area (Å²) < 4.78 is 0. The van der Waals surface area contributed by atoms with Gasteiger partial charge in [-0.25, -0.2) is 4.79 Å². The van der Waals surface area contributed by atoms with Crippen molar-refractivity contribution in [1.82, 2.24) is 15.1 Å². The number of hydrogen-bond donors (Lipinski definition) is 2. The number of carbonyl (C=O) groups excluding carboxylic acids is 1. The highest BCUT2D eigenvalue weighted by molar-refractivity contribution is 5.74. The average molecular weight is 271 g/mol. The van der Waals surface area contributed by atoms with Crippen molar-refractivity contribution in [2.75, 3.05) is 39.8 Å². The van der Waals surface area contributed by atoms with Gasteiger partial charge in [-0.2, -0.15) is 0 Å². The summed E-state index contributed by atoms with van der Waals surface area (Å²) in [6, 6.07) is -0.0294. The van der Waals surface area contributed by atoms with Crippen LogP contribution in [0.2, 0.25) is 0 Å². The van der Waals surface area contributed by atoms with Crippen LogP contribution in [-0.4, -0.2) is 66.7 Å². The molecule has 1 saturated heterocycles. The summed E-state index contributed by atoms with van der Waals surface area (Å²) in [6.07, 6.45) is 1.79. The van der Waals surface area contributed by atoms with Crippen molar-refractivity contribution >= 4 is 12.0 Å². The Morgan fingerprint density at radius 1 is 1.37 bits per heavy atom. The molecule has 0 bridgehead atoms. The van der Waals surface area contributed by atoms with E-state index in [4.69, 9.17) is 5.11 Å². The number of nitrogens with zero attached hydrogens (tertiary/aromatic N) is 2. The summed E-state index contributed by atoms with van der Waals surface area (Å²) >= 11 is 0. The number of aliphatic carboxylic acids is 1. The van der Waals surface area contributed by atoms with E-state index in [0.717, 1.165) is 25.9 Å². The predicted molar refractivity (Wildman–Crippen MR) is 73.1 cm³/mol. The summed E-state index contributed by atoms with van der Waals surface area (Å²) in [6.45, 7) is 5.86. The number of carboxylic acid groups (broad SMARTS) is 1. The summed E-state index contributed by atoms with van der Waals surface area (Å²) in [5.41, 5.74) is 0. The molecule has 0 saturated carbocycles. The van der Waals surface area contributed by atoms with Crippen LogP contribution < -0.4 is 5.32 Å². The lowest BCUT2D eigenvalue weighted by Gasteiger charge is -2.31. The molecule has 0 aromatic rings. The molecule has 0 aliphatic carbocycles. The number of likely N-dealkylation sites (N-methyl/N-ethyl adjacent to an activating group) is 1. The molecule has 1 rings (SSSR count). The van der Waals surface area contributed by atoms with Gasteiger partial charge in [-0.3, -0.25) is 4.79 Å². The van der Waals surface area contributed by atoms with Gasteiger partial charge in [0.1, 0.15) is 0 Å². The van der Waals surface area contributed by atoms with Crippen LogP contribution in [0.4, 0.5) is 4.79 Å². The van der Waals surface area contributed by atoms with Crippen molar-refractivity contribution in [3.05, 3.63) is 0 Å². The minimum Gasteiger partial charge on any atom is -0.481 e. The molecule has 0 spiro atoms. The fourth-order valence-corrected chi connectivity index (χ4v) is 2.21. The zero-order chi connectivity index (χ0) is 14.3. The molecular formula is C13H25N3O3. The first-order valence-electron chi connectivity index (χ1n) is 6.96. The minimum absolute atomic E-state index is 0.0294. The van der Waals surface area contributed by atoms with Crippen molar-refractivity contribution in [3.63, 3.8) is 0 Å². The van der Waals surface area contributed by atoms with Crippen molar-refractivity contribution < 1.29 is 14.7 Å². The molecular weight excluding hydrogens is 246 g/mol. The normalized spacial score (nSPS) is 16.7. The van der Waals surface area contributed by atoms with Crippen LogP contribution in [-0.2, 0) is 4.79 Å². The van der Waals surface area contributed by atoms with Gasteiger partial charge in [-0.1, -0.05) is 6.92 Å². The average Bonchev–Trinajstić information content (AvgIpc) is 2.38. The van der Waals surface area contributed by atoms with Crippen molar-refractivity contribution in [1.29, 1.82) is 0 Å². The number of carboxylic acids is 1. The molecule has 0 unspecified atom stereocenters. The zero-order valence-electron chi connectivity index (χ0n) is 11.9. The monoisotopic (exact) mass is 271 g/mol. The number of piperidine rings is 1. The van der Waals surface area contributed by atoms with Gasteiger partial charge in [-0.15, -0.1) is 0 Å². The van der Waals surface area contributed by atoms with Crippen LogP contribution in [0.3, 0.4) is 0 Å². The minimum atomic E-state index is -0.745. The molecule has 0 aromatic heterocycles. The molecule has 0 radical (unpaired) electrons. The Morgan fingerprint density at radius 2 is 2.00 bits per heavy atom. The van der Waals surface area contributed by atoms with Gasteiger partial charge in [0, 0.05) is 32.6 Å². The predicted octanol–water partition coefficient (Wildman–Crippen LogP) is 0.834. The first-order valence-corrected chi connectivity index (χ1v) is 6.96. The summed E-state index contributed by atoms with van der Waals surface area (Å²) in [5.74, 6) is -0.529. The second-order valence-corrected chi connectivity index (χ2v) is 5.16. The lowest BCUT2D eigenvalue weighted by Crippen LogP contribution is -2.46. The topological polar surface area (TPSA) is 72.9 Å². The van der Waals surface area contributed by atoms with Gasteiger partial charge in [0.15, 0.2) is 0 Å². The van der Waals surface area contributed by atoms with E-state index >= 15 is 0 Å². The number of amides is 2. The highest BCUT2D eigenvalue weighted by Crippen LogP contribution is 2.20. The molecule has 1 aliphatic heterocycles. The third-order valence-corrected chi connectivity index (χ3v) is 3.67. The molecule has 1 fully saturated rings. The number of urea groups is 1. The van der Waals surface area contributed by atoms with E-state index < -0.39 is 5.97 Å². The summed E-state index contributed by atoms with van der Waals surface area (Å²) in [4.78, 5) is 26.4. The summed E-state index contributed by atoms with van der Waals surface area (Å²) in [7, 11) is 2.02. The standard InChI is InChI=1S/C13H25N3O3/c1-3-15(2)9-6-14-13(19)16-7-4-11(5-8-16)10-12(17)18/h11H,3-10H2,1-2H3,(H,14,19)(H,17,18). The first kappa shape index (κ1) is 15.8. The van der Waals surface area contributed by atoms with E-state index in [1.807, 2.05) is 7.05 Å². The number of nitrogens with one attached hydrogen (secondary N) is 1. The number of hydrogen-bond acceptors (Lipinski definition) is 3. The van der Waals surface area contributed by atoms with Crippen molar-refractivity contribution in [3.8, 4) is 0 Å². The van der Waals surface area contributed by atoms with E-state index in [9.17, 15) is 9.59 Å². The molecule has 19 heavy (non-hydrogen) atoms. The molecule has 6 heteroatoms. The van der Waals surface area contributed by atoms with Gasteiger partial charge < -0.3 is 20.2 Å². The van der Waals surface area contributed by atoms with Crippen LogP contribution >= 0.6 is 0 Å². The van der Waals surface area contributed by atoms with Gasteiger partial charge >= 0.3 is 12.0 Å².